The van der Waals surface area contributed by atoms with Gasteiger partial charge in [0.05, 0.1) is 0 Å². The van der Waals surface area contributed by atoms with Crippen molar-refractivity contribution in [1.82, 2.24) is 0 Å². The highest BCUT2D eigenvalue weighted by Crippen LogP contribution is 2.29. The van der Waals surface area contributed by atoms with E-state index in [4.69, 9.17) is 5.11 Å². The second-order valence-electron chi connectivity index (χ2n) is 3.63. The number of thioether (sulfide) groups is 1. The number of carboxylic acid groups (broad SMARTS) is 1. The number of aliphatic carboxylic acids is 1. The molecular formula is C11H12O3S. The first-order valence-electron chi connectivity index (χ1n) is 4.45. The monoisotopic (exact) mass is 224 g/mol. The molecule has 1 aromatic carbocycles. The SMILES string of the molecule is CC(C)(C(=O)O)C(=O)Sc1ccccc1. The van der Waals surface area contributed by atoms with E-state index in [1.54, 1.807) is 12.1 Å². The molecule has 0 atom stereocenters. The average Bonchev–Trinajstić information content (AvgIpc) is 2.18. The van der Waals surface area contributed by atoms with Crippen LogP contribution in [0.25, 0.3) is 0 Å². The Morgan fingerprint density at radius 3 is 2.20 bits per heavy atom. The van der Waals surface area contributed by atoms with Crippen LogP contribution in [0.1, 0.15) is 13.8 Å². The fourth-order valence-electron chi connectivity index (χ4n) is 0.810. The lowest BCUT2D eigenvalue weighted by molar-refractivity contribution is -0.149. The summed E-state index contributed by atoms with van der Waals surface area (Å²) in [5.41, 5.74) is -1.35. The Labute approximate surface area is 92.5 Å². The Balaban J connectivity index is 2.77. The van der Waals surface area contributed by atoms with E-state index in [9.17, 15) is 9.59 Å². The van der Waals surface area contributed by atoms with Crippen LogP contribution in [0.15, 0.2) is 35.2 Å². The van der Waals surface area contributed by atoms with Crippen molar-refractivity contribution in [1.29, 1.82) is 0 Å². The van der Waals surface area contributed by atoms with E-state index in [0.717, 1.165) is 16.7 Å². The van der Waals surface area contributed by atoms with Gasteiger partial charge in [0.1, 0.15) is 5.41 Å². The van der Waals surface area contributed by atoms with Crippen molar-refractivity contribution in [2.75, 3.05) is 0 Å². The zero-order valence-corrected chi connectivity index (χ0v) is 9.38. The molecule has 15 heavy (non-hydrogen) atoms. The number of carbonyl (C=O) groups excluding carboxylic acids is 1. The largest absolute Gasteiger partial charge is 0.480 e. The van der Waals surface area contributed by atoms with E-state index in [-0.39, 0.29) is 5.12 Å². The highest BCUT2D eigenvalue weighted by atomic mass is 32.2. The Kier molecular flexibility index (Phi) is 3.52. The first kappa shape index (κ1) is 11.8. The van der Waals surface area contributed by atoms with Crippen LogP contribution in [0.3, 0.4) is 0 Å². The van der Waals surface area contributed by atoms with Gasteiger partial charge >= 0.3 is 5.97 Å². The summed E-state index contributed by atoms with van der Waals surface area (Å²) in [5.74, 6) is -1.10. The smallest absolute Gasteiger partial charge is 0.317 e. The molecule has 3 nitrogen and oxygen atoms in total. The predicted octanol–water partition coefficient (Wildman–Crippen LogP) is 2.42. The summed E-state index contributed by atoms with van der Waals surface area (Å²) >= 11 is 0.959. The average molecular weight is 224 g/mol. The van der Waals surface area contributed by atoms with E-state index >= 15 is 0 Å². The summed E-state index contributed by atoms with van der Waals surface area (Å²) in [7, 11) is 0. The molecule has 0 saturated heterocycles. The highest BCUT2D eigenvalue weighted by molar-refractivity contribution is 8.13. The van der Waals surface area contributed by atoms with E-state index in [2.05, 4.69) is 0 Å². The fraction of sp³-hybridized carbons (Fsp3) is 0.273. The molecule has 0 aliphatic rings. The van der Waals surface area contributed by atoms with Gasteiger partial charge in [0.2, 0.25) is 5.12 Å². The van der Waals surface area contributed by atoms with E-state index in [1.165, 1.54) is 13.8 Å². The van der Waals surface area contributed by atoms with Gasteiger partial charge in [-0.3, -0.25) is 9.59 Å². The second-order valence-corrected chi connectivity index (χ2v) is 4.68. The summed E-state index contributed by atoms with van der Waals surface area (Å²) in [4.78, 5) is 23.2. The van der Waals surface area contributed by atoms with Crippen LogP contribution >= 0.6 is 11.8 Å². The Morgan fingerprint density at radius 2 is 1.73 bits per heavy atom. The third kappa shape index (κ3) is 2.83. The summed E-state index contributed by atoms with van der Waals surface area (Å²) in [5, 5.41) is 8.50. The lowest BCUT2D eigenvalue weighted by Gasteiger charge is -2.16. The van der Waals surface area contributed by atoms with Gasteiger partial charge in [-0.25, -0.2) is 0 Å². The summed E-state index contributed by atoms with van der Waals surface area (Å²) in [6.07, 6.45) is 0. The zero-order chi connectivity index (χ0) is 11.5. The minimum atomic E-state index is -1.35. The molecule has 1 N–H and O–H groups in total. The van der Waals surface area contributed by atoms with Crippen molar-refractivity contribution in [3.8, 4) is 0 Å². The van der Waals surface area contributed by atoms with Crippen molar-refractivity contribution in [3.63, 3.8) is 0 Å². The zero-order valence-electron chi connectivity index (χ0n) is 8.56. The quantitative estimate of drug-likeness (QED) is 0.632. The topological polar surface area (TPSA) is 54.4 Å². The van der Waals surface area contributed by atoms with Crippen LogP contribution < -0.4 is 0 Å². The number of carbonyl (C=O) groups is 2. The molecule has 80 valence electrons. The molecule has 0 aliphatic heterocycles. The first-order chi connectivity index (χ1) is 6.94. The molecule has 0 fully saturated rings. The van der Waals surface area contributed by atoms with Crippen LogP contribution in [-0.4, -0.2) is 16.2 Å². The van der Waals surface area contributed by atoms with Gasteiger partial charge in [-0.1, -0.05) is 30.0 Å². The Hall–Kier alpha value is -1.29. The standard InChI is InChI=1S/C11H12O3S/c1-11(2,9(12)13)10(14)15-8-6-4-3-5-7-8/h3-7H,1-2H3,(H,12,13). The molecule has 0 saturated carbocycles. The molecule has 0 radical (unpaired) electrons. The Bertz CT molecular complexity index is 371. The van der Waals surface area contributed by atoms with Crippen LogP contribution in [-0.2, 0) is 9.59 Å². The fourth-order valence-corrected chi connectivity index (χ4v) is 1.66. The molecule has 1 rings (SSSR count). The van der Waals surface area contributed by atoms with Crippen molar-refractivity contribution in [2.45, 2.75) is 18.7 Å². The third-order valence-corrected chi connectivity index (χ3v) is 3.20. The third-order valence-electron chi connectivity index (χ3n) is 2.00. The van der Waals surface area contributed by atoms with Gasteiger partial charge in [0.15, 0.2) is 0 Å². The van der Waals surface area contributed by atoms with Crippen LogP contribution in [0, 0.1) is 5.41 Å². The van der Waals surface area contributed by atoms with E-state index < -0.39 is 11.4 Å². The molecule has 0 bridgehead atoms. The highest BCUT2D eigenvalue weighted by Gasteiger charge is 2.36. The Morgan fingerprint density at radius 1 is 1.20 bits per heavy atom. The minimum Gasteiger partial charge on any atom is -0.480 e. The van der Waals surface area contributed by atoms with E-state index in [0.29, 0.717) is 0 Å². The number of benzene rings is 1. The maximum absolute atomic E-state index is 11.7. The normalized spacial score (nSPS) is 11.1. The summed E-state index contributed by atoms with van der Waals surface area (Å²) in [6, 6.07) is 9.02. The lowest BCUT2D eigenvalue weighted by atomic mass is 9.96. The van der Waals surface area contributed by atoms with Crippen LogP contribution in [0.4, 0.5) is 0 Å². The number of hydrogen-bond donors (Lipinski definition) is 1. The molecule has 1 aromatic rings. The molecule has 4 heteroatoms. The van der Waals surface area contributed by atoms with Gasteiger partial charge < -0.3 is 5.11 Å². The van der Waals surface area contributed by atoms with Crippen molar-refractivity contribution >= 4 is 22.8 Å². The van der Waals surface area contributed by atoms with Crippen molar-refractivity contribution in [3.05, 3.63) is 30.3 Å². The van der Waals surface area contributed by atoms with Gasteiger partial charge in [-0.05, 0) is 26.0 Å². The maximum atomic E-state index is 11.7. The maximum Gasteiger partial charge on any atom is 0.317 e. The second kappa shape index (κ2) is 4.49. The van der Waals surface area contributed by atoms with Crippen LogP contribution in [0.5, 0.6) is 0 Å². The lowest BCUT2D eigenvalue weighted by Crippen LogP contribution is -2.31. The molecule has 0 aromatic heterocycles. The molecule has 0 aliphatic carbocycles. The molecule has 0 amide bonds. The number of carboxylic acids is 1. The molecule has 0 unspecified atom stereocenters. The summed E-state index contributed by atoms with van der Waals surface area (Å²) in [6.45, 7) is 2.82. The number of rotatable bonds is 3. The van der Waals surface area contributed by atoms with Crippen molar-refractivity contribution in [2.24, 2.45) is 5.41 Å². The molecule has 0 heterocycles. The first-order valence-corrected chi connectivity index (χ1v) is 5.27. The van der Waals surface area contributed by atoms with E-state index in [1.807, 2.05) is 18.2 Å². The van der Waals surface area contributed by atoms with Gasteiger partial charge in [0.25, 0.3) is 0 Å². The molecule has 0 spiro atoms. The predicted molar refractivity (Wildman–Crippen MR) is 58.7 cm³/mol. The van der Waals surface area contributed by atoms with Crippen LogP contribution in [0.2, 0.25) is 0 Å². The van der Waals surface area contributed by atoms with Gasteiger partial charge in [0, 0.05) is 4.90 Å². The minimum absolute atomic E-state index is 0.360. The van der Waals surface area contributed by atoms with Gasteiger partial charge in [-0.15, -0.1) is 0 Å². The van der Waals surface area contributed by atoms with Crippen molar-refractivity contribution < 1.29 is 14.7 Å². The van der Waals surface area contributed by atoms with Gasteiger partial charge in [-0.2, -0.15) is 0 Å². The summed E-state index contributed by atoms with van der Waals surface area (Å²) < 4.78 is 0. The number of hydrogen-bond acceptors (Lipinski definition) is 3. The molecular weight excluding hydrogens is 212 g/mol.